The van der Waals surface area contributed by atoms with E-state index in [1.54, 1.807) is 0 Å². The Labute approximate surface area is 191 Å². The molecule has 0 amide bonds. The Morgan fingerprint density at radius 1 is 1.21 bits per heavy atom. The van der Waals surface area contributed by atoms with Gasteiger partial charge >= 0.3 is 12.1 Å². The van der Waals surface area contributed by atoms with Crippen LogP contribution in [0.2, 0.25) is 0 Å². The molecule has 1 fully saturated rings. The molecule has 7 nitrogen and oxygen atoms in total. The van der Waals surface area contributed by atoms with E-state index >= 15 is 0 Å². The number of ether oxygens (including phenoxy) is 1. The molecule has 1 aromatic carbocycles. The van der Waals surface area contributed by atoms with Crippen LogP contribution in [0.3, 0.4) is 0 Å². The van der Waals surface area contributed by atoms with Crippen molar-refractivity contribution in [2.24, 2.45) is 0 Å². The van der Waals surface area contributed by atoms with Gasteiger partial charge in [0, 0.05) is 38.4 Å². The Kier molecular flexibility index (Phi) is 7.28. The van der Waals surface area contributed by atoms with Crippen LogP contribution in [-0.2, 0) is 28.1 Å². The highest BCUT2D eigenvalue weighted by molar-refractivity contribution is 5.73. The van der Waals surface area contributed by atoms with Crippen molar-refractivity contribution < 1.29 is 27.8 Å². The zero-order valence-corrected chi connectivity index (χ0v) is 19.2. The number of anilines is 1. The number of halogens is 3. The first-order valence-corrected chi connectivity index (χ1v) is 10.6. The van der Waals surface area contributed by atoms with Gasteiger partial charge in [-0.05, 0) is 32.4 Å². The second-order valence-corrected chi connectivity index (χ2v) is 8.85. The summed E-state index contributed by atoms with van der Waals surface area (Å²) in [6, 6.07) is 8.87. The number of carboxylic acid groups (broad SMARTS) is 1. The number of rotatable bonds is 3. The van der Waals surface area contributed by atoms with Crippen molar-refractivity contribution in [1.29, 1.82) is 0 Å². The molecule has 1 aromatic heterocycles. The smallest absolute Gasteiger partial charge is 0.475 e. The zero-order valence-electron chi connectivity index (χ0n) is 19.2. The minimum atomic E-state index is -5.08. The molecule has 1 spiro atoms. The van der Waals surface area contributed by atoms with Gasteiger partial charge in [-0.2, -0.15) is 13.2 Å². The van der Waals surface area contributed by atoms with E-state index in [1.165, 1.54) is 22.4 Å². The van der Waals surface area contributed by atoms with Crippen LogP contribution >= 0.6 is 0 Å². The maximum absolute atomic E-state index is 10.6. The number of likely N-dealkylation sites (tertiary alicyclic amines) is 1. The SMILES string of the molecule is Cc1ccc(CN2CCC3(COCc4c(C)nc(N(C)C)nc43)C2)cc1.O=C(O)C(F)(F)F. The summed E-state index contributed by atoms with van der Waals surface area (Å²) in [7, 11) is 4.01. The lowest BCUT2D eigenvalue weighted by atomic mass is 9.80. The molecular weight excluding hydrogens is 437 g/mol. The third kappa shape index (κ3) is 5.80. The van der Waals surface area contributed by atoms with Gasteiger partial charge in [0.15, 0.2) is 0 Å². The Morgan fingerprint density at radius 2 is 1.85 bits per heavy atom. The predicted octanol–water partition coefficient (Wildman–Crippen LogP) is 3.47. The number of aryl methyl sites for hydroxylation is 2. The predicted molar refractivity (Wildman–Crippen MR) is 117 cm³/mol. The average molecular weight is 467 g/mol. The molecule has 180 valence electrons. The van der Waals surface area contributed by atoms with E-state index in [9.17, 15) is 13.2 Å². The number of hydrogen-bond acceptors (Lipinski definition) is 6. The normalized spacial score (nSPS) is 20.2. The van der Waals surface area contributed by atoms with E-state index in [1.807, 2.05) is 19.0 Å². The molecule has 10 heteroatoms. The first-order valence-electron chi connectivity index (χ1n) is 10.6. The van der Waals surface area contributed by atoms with E-state index in [0.29, 0.717) is 6.61 Å². The van der Waals surface area contributed by atoms with Gasteiger partial charge in [0.25, 0.3) is 0 Å². The van der Waals surface area contributed by atoms with E-state index in [2.05, 4.69) is 48.0 Å². The number of benzene rings is 1. The van der Waals surface area contributed by atoms with Gasteiger partial charge < -0.3 is 14.7 Å². The fourth-order valence-electron chi connectivity index (χ4n) is 4.17. The van der Waals surface area contributed by atoms with Crippen molar-refractivity contribution in [3.05, 3.63) is 52.3 Å². The van der Waals surface area contributed by atoms with Crippen molar-refractivity contribution in [2.45, 2.75) is 45.0 Å². The van der Waals surface area contributed by atoms with Gasteiger partial charge in [0.1, 0.15) is 0 Å². The topological polar surface area (TPSA) is 78.8 Å². The van der Waals surface area contributed by atoms with Crippen LogP contribution in [-0.4, -0.2) is 65.9 Å². The molecule has 33 heavy (non-hydrogen) atoms. The summed E-state index contributed by atoms with van der Waals surface area (Å²) in [5.41, 5.74) is 6.14. The third-order valence-electron chi connectivity index (χ3n) is 5.93. The average Bonchev–Trinajstić information content (AvgIpc) is 3.13. The maximum Gasteiger partial charge on any atom is 0.490 e. The van der Waals surface area contributed by atoms with Crippen molar-refractivity contribution in [1.82, 2.24) is 14.9 Å². The largest absolute Gasteiger partial charge is 0.490 e. The Bertz CT molecular complexity index is 996. The third-order valence-corrected chi connectivity index (χ3v) is 5.93. The molecule has 0 bridgehead atoms. The fraction of sp³-hybridized carbons (Fsp3) is 0.522. The number of carbonyl (C=O) groups is 1. The van der Waals surface area contributed by atoms with Crippen molar-refractivity contribution >= 4 is 11.9 Å². The quantitative estimate of drug-likeness (QED) is 0.742. The van der Waals surface area contributed by atoms with Crippen LogP contribution < -0.4 is 4.90 Å². The molecule has 2 aromatic rings. The Balaban J connectivity index is 0.000000383. The number of nitrogens with zero attached hydrogens (tertiary/aromatic N) is 4. The summed E-state index contributed by atoms with van der Waals surface area (Å²) in [6.07, 6.45) is -3.99. The lowest BCUT2D eigenvalue weighted by Crippen LogP contribution is -2.41. The van der Waals surface area contributed by atoms with E-state index in [4.69, 9.17) is 19.6 Å². The van der Waals surface area contributed by atoms with Crippen LogP contribution in [0.5, 0.6) is 0 Å². The molecule has 1 unspecified atom stereocenters. The number of alkyl halides is 3. The van der Waals surface area contributed by atoms with E-state index < -0.39 is 12.1 Å². The van der Waals surface area contributed by atoms with Crippen molar-refractivity contribution in [3.63, 3.8) is 0 Å². The molecule has 1 saturated heterocycles. The molecule has 2 aliphatic rings. The molecule has 4 rings (SSSR count). The van der Waals surface area contributed by atoms with Gasteiger partial charge in [-0.25, -0.2) is 14.8 Å². The minimum Gasteiger partial charge on any atom is -0.475 e. The van der Waals surface area contributed by atoms with Crippen LogP contribution in [0.25, 0.3) is 0 Å². The first-order chi connectivity index (χ1) is 15.4. The minimum absolute atomic E-state index is 0.00323. The second kappa shape index (κ2) is 9.64. The molecule has 0 saturated carbocycles. The molecular formula is C23H29F3N4O3. The summed E-state index contributed by atoms with van der Waals surface area (Å²) in [4.78, 5) is 23.1. The highest BCUT2D eigenvalue weighted by Crippen LogP contribution is 2.40. The van der Waals surface area contributed by atoms with Gasteiger partial charge in [0.2, 0.25) is 5.95 Å². The summed E-state index contributed by atoms with van der Waals surface area (Å²) >= 11 is 0. The molecule has 0 radical (unpaired) electrons. The summed E-state index contributed by atoms with van der Waals surface area (Å²) in [5, 5.41) is 7.12. The molecule has 3 heterocycles. The Hall–Kier alpha value is -2.72. The van der Waals surface area contributed by atoms with E-state index in [-0.39, 0.29) is 5.41 Å². The molecule has 0 aliphatic carbocycles. The summed E-state index contributed by atoms with van der Waals surface area (Å²) < 4.78 is 37.7. The highest BCUT2D eigenvalue weighted by Gasteiger charge is 2.45. The van der Waals surface area contributed by atoms with Crippen LogP contribution in [0, 0.1) is 13.8 Å². The number of hydrogen-bond donors (Lipinski definition) is 1. The maximum atomic E-state index is 10.6. The highest BCUT2D eigenvalue weighted by atomic mass is 19.4. The first kappa shape index (κ1) is 24.9. The number of carboxylic acids is 1. The molecule has 1 atom stereocenters. The zero-order chi connectivity index (χ0) is 24.4. The molecule has 2 aliphatic heterocycles. The Morgan fingerprint density at radius 3 is 2.42 bits per heavy atom. The van der Waals surface area contributed by atoms with Gasteiger partial charge in [-0.15, -0.1) is 0 Å². The van der Waals surface area contributed by atoms with Gasteiger partial charge in [0.05, 0.1) is 24.3 Å². The lowest BCUT2D eigenvalue weighted by molar-refractivity contribution is -0.192. The number of aliphatic carboxylic acids is 1. The van der Waals surface area contributed by atoms with Crippen LogP contribution in [0.15, 0.2) is 24.3 Å². The molecule has 1 N–H and O–H groups in total. The monoisotopic (exact) mass is 466 g/mol. The van der Waals surface area contributed by atoms with Crippen molar-refractivity contribution in [3.8, 4) is 0 Å². The summed E-state index contributed by atoms with van der Waals surface area (Å²) in [6.45, 7) is 8.67. The van der Waals surface area contributed by atoms with Crippen LogP contribution in [0.1, 0.15) is 34.5 Å². The van der Waals surface area contributed by atoms with Gasteiger partial charge in [-0.1, -0.05) is 29.8 Å². The standard InChI is InChI=1S/C21H28N4O.C2HF3O2/c1-15-5-7-17(8-6-15)11-25-10-9-21(13-25)14-26-12-18-16(2)22-20(24(3)4)23-19(18)21;3-2(4,5)1(6)7/h5-8H,9-14H2,1-4H3;(H,6,7). The number of aromatic nitrogens is 2. The lowest BCUT2D eigenvalue weighted by Gasteiger charge is -2.35. The van der Waals surface area contributed by atoms with Crippen LogP contribution in [0.4, 0.5) is 19.1 Å². The van der Waals surface area contributed by atoms with Gasteiger partial charge in [-0.3, -0.25) is 4.90 Å². The van der Waals surface area contributed by atoms with E-state index in [0.717, 1.165) is 44.3 Å². The number of fused-ring (bicyclic) bond motifs is 2. The second-order valence-electron chi connectivity index (χ2n) is 8.85. The summed E-state index contributed by atoms with van der Waals surface area (Å²) in [5.74, 6) is -1.95. The fourth-order valence-corrected chi connectivity index (χ4v) is 4.17. The van der Waals surface area contributed by atoms with Crippen molar-refractivity contribution in [2.75, 3.05) is 38.7 Å².